The molecule has 3 heterocycles. The maximum atomic E-state index is 5.78. The van der Waals surface area contributed by atoms with Crippen LogP contribution in [-0.2, 0) is 0 Å². The number of nitrogen functional groups attached to an aromatic ring is 1. The van der Waals surface area contributed by atoms with E-state index in [1.54, 1.807) is 6.20 Å². The largest absolute Gasteiger partial charge is 0.397 e. The van der Waals surface area contributed by atoms with Crippen molar-refractivity contribution in [3.8, 4) is 0 Å². The highest BCUT2D eigenvalue weighted by molar-refractivity contribution is 5.51. The summed E-state index contributed by atoms with van der Waals surface area (Å²) in [7, 11) is 0. The van der Waals surface area contributed by atoms with Crippen molar-refractivity contribution in [2.75, 3.05) is 24.1 Å². The minimum absolute atomic E-state index is 0.563. The van der Waals surface area contributed by atoms with Gasteiger partial charge < -0.3 is 11.1 Å². The summed E-state index contributed by atoms with van der Waals surface area (Å²) in [5, 5.41) is 3.57. The molecule has 2 fully saturated rings. The van der Waals surface area contributed by atoms with Crippen LogP contribution in [-0.4, -0.2) is 35.1 Å². The molecule has 4 nitrogen and oxygen atoms in total. The Hall–Kier alpha value is -1.29. The number of rotatable bonds is 2. The van der Waals surface area contributed by atoms with Gasteiger partial charge in [0.2, 0.25) is 0 Å². The standard InChI is InChI=1S/C13H20N4/c1-9-7-13(15-8-10(9)14)16-11-4-6-17-5-2-3-12(11)17/h7-8,11-12H,2-6,14H2,1H3,(H,15,16). The molecule has 1 aromatic heterocycles. The van der Waals surface area contributed by atoms with Crippen molar-refractivity contribution in [3.05, 3.63) is 17.8 Å². The SMILES string of the molecule is Cc1cc(NC2CCN3CCCC23)ncc1N. The third-order valence-electron chi connectivity index (χ3n) is 4.09. The Morgan fingerprint density at radius 1 is 1.41 bits per heavy atom. The summed E-state index contributed by atoms with van der Waals surface area (Å²) >= 11 is 0. The lowest BCUT2D eigenvalue weighted by atomic mass is 10.1. The lowest BCUT2D eigenvalue weighted by Gasteiger charge is -2.21. The van der Waals surface area contributed by atoms with Gasteiger partial charge in [0, 0.05) is 18.6 Å². The monoisotopic (exact) mass is 232 g/mol. The van der Waals surface area contributed by atoms with Crippen molar-refractivity contribution in [1.82, 2.24) is 9.88 Å². The molecule has 4 heteroatoms. The normalized spacial score (nSPS) is 28.3. The van der Waals surface area contributed by atoms with Crippen LogP contribution in [0.4, 0.5) is 11.5 Å². The summed E-state index contributed by atoms with van der Waals surface area (Å²) < 4.78 is 0. The molecule has 0 spiro atoms. The van der Waals surface area contributed by atoms with Crippen LogP contribution in [0, 0.1) is 6.92 Å². The number of pyridine rings is 1. The second kappa shape index (κ2) is 4.18. The maximum absolute atomic E-state index is 5.78. The number of hydrogen-bond acceptors (Lipinski definition) is 4. The van der Waals surface area contributed by atoms with Gasteiger partial charge >= 0.3 is 0 Å². The van der Waals surface area contributed by atoms with Crippen LogP contribution in [0.25, 0.3) is 0 Å². The van der Waals surface area contributed by atoms with Crippen molar-refractivity contribution in [2.45, 2.75) is 38.3 Å². The van der Waals surface area contributed by atoms with Crippen LogP contribution >= 0.6 is 0 Å². The zero-order chi connectivity index (χ0) is 11.8. The van der Waals surface area contributed by atoms with E-state index in [1.807, 2.05) is 13.0 Å². The average molecular weight is 232 g/mol. The number of aromatic nitrogens is 1. The Morgan fingerprint density at radius 2 is 2.29 bits per heavy atom. The second-order valence-electron chi connectivity index (χ2n) is 5.21. The molecule has 0 amide bonds. The fourth-order valence-corrected chi connectivity index (χ4v) is 3.09. The Kier molecular flexibility index (Phi) is 2.67. The summed E-state index contributed by atoms with van der Waals surface area (Å²) in [6.07, 6.45) is 5.65. The average Bonchev–Trinajstić information content (AvgIpc) is 2.88. The third-order valence-corrected chi connectivity index (χ3v) is 4.09. The first-order valence-corrected chi connectivity index (χ1v) is 6.47. The minimum Gasteiger partial charge on any atom is -0.397 e. The van der Waals surface area contributed by atoms with Gasteiger partial charge in [-0.3, -0.25) is 4.90 Å². The van der Waals surface area contributed by atoms with Gasteiger partial charge in [-0.15, -0.1) is 0 Å². The molecular weight excluding hydrogens is 212 g/mol. The summed E-state index contributed by atoms with van der Waals surface area (Å²) in [6.45, 7) is 4.53. The minimum atomic E-state index is 0.563. The zero-order valence-electron chi connectivity index (χ0n) is 10.3. The fourth-order valence-electron chi connectivity index (χ4n) is 3.09. The predicted molar refractivity (Wildman–Crippen MR) is 70.0 cm³/mol. The van der Waals surface area contributed by atoms with Gasteiger partial charge in [0.25, 0.3) is 0 Å². The first-order valence-electron chi connectivity index (χ1n) is 6.47. The Labute approximate surface area is 102 Å². The molecule has 3 N–H and O–H groups in total. The van der Waals surface area contributed by atoms with Crippen LogP contribution in [0.15, 0.2) is 12.3 Å². The molecule has 0 aromatic carbocycles. The quantitative estimate of drug-likeness (QED) is 0.813. The Morgan fingerprint density at radius 3 is 3.12 bits per heavy atom. The van der Waals surface area contributed by atoms with Crippen LogP contribution in [0.5, 0.6) is 0 Å². The van der Waals surface area contributed by atoms with E-state index >= 15 is 0 Å². The van der Waals surface area contributed by atoms with Crippen molar-refractivity contribution in [2.24, 2.45) is 0 Å². The van der Waals surface area contributed by atoms with E-state index in [-0.39, 0.29) is 0 Å². The number of anilines is 2. The van der Waals surface area contributed by atoms with Gasteiger partial charge in [-0.1, -0.05) is 0 Å². The highest BCUT2D eigenvalue weighted by Crippen LogP contribution is 2.30. The first kappa shape index (κ1) is 10.8. The summed E-state index contributed by atoms with van der Waals surface area (Å²) in [4.78, 5) is 6.96. The molecule has 0 saturated carbocycles. The van der Waals surface area contributed by atoms with E-state index in [0.717, 1.165) is 23.1 Å². The number of aryl methyl sites for hydroxylation is 1. The number of fused-ring (bicyclic) bond motifs is 1. The van der Waals surface area contributed by atoms with Gasteiger partial charge in [0.1, 0.15) is 5.82 Å². The van der Waals surface area contributed by atoms with E-state index in [9.17, 15) is 0 Å². The van der Waals surface area contributed by atoms with Crippen molar-refractivity contribution in [1.29, 1.82) is 0 Å². The molecule has 2 unspecified atom stereocenters. The Bertz CT molecular complexity index is 418. The van der Waals surface area contributed by atoms with Crippen LogP contribution in [0.1, 0.15) is 24.8 Å². The third kappa shape index (κ3) is 1.97. The molecule has 1 aromatic rings. The molecule has 0 radical (unpaired) electrons. The van der Waals surface area contributed by atoms with Crippen LogP contribution in [0.3, 0.4) is 0 Å². The van der Waals surface area contributed by atoms with Crippen LogP contribution < -0.4 is 11.1 Å². The molecule has 2 saturated heterocycles. The van der Waals surface area contributed by atoms with Gasteiger partial charge in [-0.2, -0.15) is 0 Å². The molecule has 3 rings (SSSR count). The molecule has 2 aliphatic rings. The molecule has 92 valence electrons. The van der Waals surface area contributed by atoms with Crippen molar-refractivity contribution in [3.63, 3.8) is 0 Å². The van der Waals surface area contributed by atoms with Crippen molar-refractivity contribution >= 4 is 11.5 Å². The summed E-state index contributed by atoms with van der Waals surface area (Å²) in [5.41, 5.74) is 7.65. The van der Waals surface area contributed by atoms with Crippen molar-refractivity contribution < 1.29 is 0 Å². The number of nitrogens with one attached hydrogen (secondary N) is 1. The van der Waals surface area contributed by atoms with E-state index < -0.39 is 0 Å². The summed E-state index contributed by atoms with van der Waals surface area (Å²) in [5.74, 6) is 0.968. The van der Waals surface area contributed by atoms with E-state index in [4.69, 9.17) is 5.73 Å². The highest BCUT2D eigenvalue weighted by Gasteiger charge is 2.37. The van der Waals surface area contributed by atoms with Gasteiger partial charge in [-0.05, 0) is 44.4 Å². The summed E-state index contributed by atoms with van der Waals surface area (Å²) in [6, 6.07) is 3.33. The smallest absolute Gasteiger partial charge is 0.126 e. The number of hydrogen-bond donors (Lipinski definition) is 2. The van der Waals surface area contributed by atoms with E-state index in [0.29, 0.717) is 6.04 Å². The fraction of sp³-hybridized carbons (Fsp3) is 0.615. The first-order chi connectivity index (χ1) is 8.24. The highest BCUT2D eigenvalue weighted by atomic mass is 15.2. The molecular formula is C13H20N4. The van der Waals surface area contributed by atoms with Gasteiger partial charge in [0.15, 0.2) is 0 Å². The van der Waals surface area contributed by atoms with Crippen LogP contribution in [0.2, 0.25) is 0 Å². The lowest BCUT2D eigenvalue weighted by molar-refractivity contribution is 0.318. The molecule has 0 aliphatic carbocycles. The maximum Gasteiger partial charge on any atom is 0.126 e. The molecule has 2 aliphatic heterocycles. The number of nitrogens with two attached hydrogens (primary N) is 1. The predicted octanol–water partition coefficient (Wildman–Crippen LogP) is 1.62. The second-order valence-corrected chi connectivity index (χ2v) is 5.21. The lowest BCUT2D eigenvalue weighted by Crippen LogP contribution is -2.34. The topological polar surface area (TPSA) is 54.2 Å². The zero-order valence-corrected chi connectivity index (χ0v) is 10.3. The van der Waals surface area contributed by atoms with Gasteiger partial charge in [-0.25, -0.2) is 4.98 Å². The number of nitrogens with zero attached hydrogens (tertiary/aromatic N) is 2. The van der Waals surface area contributed by atoms with E-state index in [2.05, 4.69) is 15.2 Å². The molecule has 0 bridgehead atoms. The van der Waals surface area contributed by atoms with Gasteiger partial charge in [0.05, 0.1) is 11.9 Å². The Balaban J connectivity index is 1.72. The molecule has 2 atom stereocenters. The van der Waals surface area contributed by atoms with E-state index in [1.165, 1.54) is 32.4 Å². The molecule has 17 heavy (non-hydrogen) atoms.